The molecule has 2 aliphatic rings. The van der Waals surface area contributed by atoms with Crippen LogP contribution in [0.25, 0.3) is 0 Å². The van der Waals surface area contributed by atoms with E-state index in [1.807, 2.05) is 24.3 Å². The molecular formula is C22H22ClN3O3S. The van der Waals surface area contributed by atoms with Gasteiger partial charge in [0.25, 0.3) is 0 Å². The van der Waals surface area contributed by atoms with E-state index < -0.39 is 10.0 Å². The largest absolute Gasteiger partial charge is 0.326 e. The maximum absolute atomic E-state index is 12.8. The van der Waals surface area contributed by atoms with Crippen molar-refractivity contribution in [3.63, 3.8) is 0 Å². The molecule has 1 heterocycles. The monoisotopic (exact) mass is 443 g/mol. The fourth-order valence-electron chi connectivity index (χ4n) is 3.82. The van der Waals surface area contributed by atoms with Crippen LogP contribution in [0, 0.1) is 17.2 Å². The number of carbonyl (C=O) groups is 1. The highest BCUT2D eigenvalue weighted by atomic mass is 35.5. The van der Waals surface area contributed by atoms with Crippen LogP contribution in [0.5, 0.6) is 0 Å². The molecule has 1 N–H and O–H groups in total. The average Bonchev–Trinajstić information content (AvgIpc) is 3.56. The van der Waals surface area contributed by atoms with Crippen LogP contribution in [0.3, 0.4) is 0 Å². The Morgan fingerprint density at radius 2 is 1.67 bits per heavy atom. The number of carbonyl (C=O) groups excluding carboxylic acids is 1. The van der Waals surface area contributed by atoms with E-state index in [4.69, 9.17) is 11.6 Å². The molecule has 1 amide bonds. The average molecular weight is 444 g/mol. The third kappa shape index (κ3) is 4.08. The number of nitrogens with one attached hydrogen (secondary N) is 1. The lowest BCUT2D eigenvalue weighted by atomic mass is 9.96. The van der Waals surface area contributed by atoms with Gasteiger partial charge in [-0.25, -0.2) is 8.42 Å². The molecule has 156 valence electrons. The van der Waals surface area contributed by atoms with E-state index in [2.05, 4.69) is 11.4 Å². The second-order valence-electron chi connectivity index (χ2n) is 7.89. The third-order valence-electron chi connectivity index (χ3n) is 5.95. The summed E-state index contributed by atoms with van der Waals surface area (Å²) in [6.45, 7) is 0.597. The van der Waals surface area contributed by atoms with Gasteiger partial charge in [0.05, 0.1) is 16.4 Å². The molecule has 1 aliphatic carbocycles. The summed E-state index contributed by atoms with van der Waals surface area (Å²) >= 11 is 5.84. The molecule has 0 radical (unpaired) electrons. The Morgan fingerprint density at radius 3 is 2.20 bits per heavy atom. The molecule has 6 nitrogen and oxygen atoms in total. The molecule has 0 bridgehead atoms. The van der Waals surface area contributed by atoms with Crippen molar-refractivity contribution >= 4 is 33.2 Å². The van der Waals surface area contributed by atoms with Crippen molar-refractivity contribution in [3.8, 4) is 6.07 Å². The molecule has 30 heavy (non-hydrogen) atoms. The van der Waals surface area contributed by atoms with E-state index in [0.717, 1.165) is 18.4 Å². The van der Waals surface area contributed by atoms with Gasteiger partial charge in [-0.15, -0.1) is 0 Å². The van der Waals surface area contributed by atoms with Gasteiger partial charge < -0.3 is 5.32 Å². The van der Waals surface area contributed by atoms with Crippen LogP contribution in [0.1, 0.15) is 31.2 Å². The van der Waals surface area contributed by atoms with E-state index in [9.17, 15) is 18.5 Å². The minimum absolute atomic E-state index is 0.104. The van der Waals surface area contributed by atoms with Crippen molar-refractivity contribution in [1.29, 1.82) is 5.26 Å². The second kappa shape index (κ2) is 8.03. The first-order chi connectivity index (χ1) is 14.3. The van der Waals surface area contributed by atoms with Gasteiger partial charge in [0.15, 0.2) is 0 Å². The number of nitrogens with zero attached hydrogens (tertiary/aromatic N) is 2. The summed E-state index contributed by atoms with van der Waals surface area (Å²) in [6.07, 6.45) is 2.70. The van der Waals surface area contributed by atoms with E-state index >= 15 is 0 Å². The summed E-state index contributed by atoms with van der Waals surface area (Å²) in [4.78, 5) is 12.8. The molecule has 8 heteroatoms. The standard InChI is InChI=1S/C22H22ClN3O3S/c23-18-3-7-20(8-4-18)30(28,29)26-13-9-16(10-14-26)21(27)25-19-5-1-17(2-6-19)22(15-24)11-12-22/h1-8,16H,9-14H2,(H,25,27). The molecule has 0 unspecified atom stereocenters. The zero-order valence-electron chi connectivity index (χ0n) is 16.3. The van der Waals surface area contributed by atoms with Crippen LogP contribution in [0.4, 0.5) is 5.69 Å². The number of rotatable bonds is 5. The van der Waals surface area contributed by atoms with Gasteiger partial charge in [0.1, 0.15) is 0 Å². The molecule has 4 rings (SSSR count). The van der Waals surface area contributed by atoms with Crippen molar-refractivity contribution in [3.05, 3.63) is 59.1 Å². The minimum Gasteiger partial charge on any atom is -0.326 e. The summed E-state index contributed by atoms with van der Waals surface area (Å²) in [5, 5.41) is 12.7. The first-order valence-corrected chi connectivity index (χ1v) is 11.7. The molecule has 2 aromatic carbocycles. The number of benzene rings is 2. The van der Waals surface area contributed by atoms with Crippen LogP contribution in [0.15, 0.2) is 53.4 Å². The zero-order valence-corrected chi connectivity index (χ0v) is 17.9. The van der Waals surface area contributed by atoms with Gasteiger partial charge in [0.2, 0.25) is 15.9 Å². The lowest BCUT2D eigenvalue weighted by Crippen LogP contribution is -2.41. The van der Waals surface area contributed by atoms with Crippen LogP contribution in [-0.4, -0.2) is 31.7 Å². The number of halogens is 1. The van der Waals surface area contributed by atoms with E-state index in [1.54, 1.807) is 12.1 Å². The Morgan fingerprint density at radius 1 is 1.07 bits per heavy atom. The van der Waals surface area contributed by atoms with Crippen molar-refractivity contribution < 1.29 is 13.2 Å². The molecular weight excluding hydrogens is 422 g/mol. The van der Waals surface area contributed by atoms with Gasteiger partial charge in [0, 0.05) is 29.7 Å². The SMILES string of the molecule is N#CC1(c2ccc(NC(=O)C3CCN(S(=O)(=O)c4ccc(Cl)cc4)CC3)cc2)CC1. The Hall–Kier alpha value is -2.40. The van der Waals surface area contributed by atoms with Crippen molar-refractivity contribution in [2.75, 3.05) is 18.4 Å². The maximum Gasteiger partial charge on any atom is 0.243 e. The van der Waals surface area contributed by atoms with Gasteiger partial charge in [-0.05, 0) is 67.6 Å². The molecule has 2 fully saturated rings. The van der Waals surface area contributed by atoms with Crippen molar-refractivity contribution in [2.45, 2.75) is 36.0 Å². The maximum atomic E-state index is 12.8. The van der Waals surface area contributed by atoms with Crippen LogP contribution in [0.2, 0.25) is 5.02 Å². The highest BCUT2D eigenvalue weighted by Crippen LogP contribution is 2.47. The summed E-state index contributed by atoms with van der Waals surface area (Å²) < 4.78 is 27.0. The number of sulfonamides is 1. The van der Waals surface area contributed by atoms with E-state index in [-0.39, 0.29) is 22.1 Å². The Balaban J connectivity index is 1.34. The van der Waals surface area contributed by atoms with Gasteiger partial charge in [-0.1, -0.05) is 23.7 Å². The van der Waals surface area contributed by atoms with Crippen LogP contribution >= 0.6 is 11.6 Å². The fourth-order valence-corrected chi connectivity index (χ4v) is 5.42. The molecule has 0 aromatic heterocycles. The molecule has 0 atom stereocenters. The first-order valence-electron chi connectivity index (χ1n) is 9.92. The summed E-state index contributed by atoms with van der Waals surface area (Å²) in [7, 11) is -3.59. The third-order valence-corrected chi connectivity index (χ3v) is 8.11. The molecule has 1 aliphatic heterocycles. The Labute approximate surface area is 181 Å². The number of amides is 1. The van der Waals surface area contributed by atoms with E-state index in [1.165, 1.54) is 16.4 Å². The lowest BCUT2D eigenvalue weighted by molar-refractivity contribution is -0.120. The number of anilines is 1. The number of hydrogen-bond donors (Lipinski definition) is 1. The van der Waals surface area contributed by atoms with Gasteiger partial charge in [-0.3, -0.25) is 4.79 Å². The quantitative estimate of drug-likeness (QED) is 0.757. The lowest BCUT2D eigenvalue weighted by Gasteiger charge is -2.30. The van der Waals surface area contributed by atoms with Gasteiger partial charge >= 0.3 is 0 Å². The number of hydrogen-bond acceptors (Lipinski definition) is 4. The first kappa shape index (κ1) is 20.9. The second-order valence-corrected chi connectivity index (χ2v) is 10.3. The minimum atomic E-state index is -3.59. The highest BCUT2D eigenvalue weighted by molar-refractivity contribution is 7.89. The predicted octanol–water partition coefficient (Wildman–Crippen LogP) is 3.93. The zero-order chi connectivity index (χ0) is 21.4. The Bertz CT molecular complexity index is 1080. The molecule has 2 aromatic rings. The normalized spacial score (nSPS) is 19.1. The molecule has 1 saturated carbocycles. The van der Waals surface area contributed by atoms with Crippen LogP contribution < -0.4 is 5.32 Å². The van der Waals surface area contributed by atoms with Gasteiger partial charge in [-0.2, -0.15) is 9.57 Å². The fraction of sp³-hybridized carbons (Fsp3) is 0.364. The van der Waals surface area contributed by atoms with Crippen molar-refractivity contribution in [2.24, 2.45) is 5.92 Å². The summed E-state index contributed by atoms with van der Waals surface area (Å²) in [6, 6.07) is 15.9. The number of piperidine rings is 1. The number of nitriles is 1. The van der Waals surface area contributed by atoms with Crippen molar-refractivity contribution in [1.82, 2.24) is 4.31 Å². The predicted molar refractivity (Wildman–Crippen MR) is 115 cm³/mol. The topological polar surface area (TPSA) is 90.3 Å². The molecule has 1 saturated heterocycles. The summed E-state index contributed by atoms with van der Waals surface area (Å²) in [5.74, 6) is -0.345. The van der Waals surface area contributed by atoms with Crippen LogP contribution in [-0.2, 0) is 20.2 Å². The van der Waals surface area contributed by atoms with E-state index in [0.29, 0.717) is 36.6 Å². The smallest absolute Gasteiger partial charge is 0.243 e. The molecule has 0 spiro atoms. The summed E-state index contributed by atoms with van der Waals surface area (Å²) in [5.41, 5.74) is 1.34. The Kier molecular flexibility index (Phi) is 5.58. The highest BCUT2D eigenvalue weighted by Gasteiger charge is 2.44.